The molecule has 0 radical (unpaired) electrons. The molecule has 3 heteroatoms. The maximum Gasteiger partial charge on any atom is 0.0917 e. The summed E-state index contributed by atoms with van der Waals surface area (Å²) in [5.41, 5.74) is 2.55. The van der Waals surface area contributed by atoms with Crippen molar-refractivity contribution in [3.63, 3.8) is 0 Å². The second-order valence-electron chi connectivity index (χ2n) is 6.08. The van der Waals surface area contributed by atoms with E-state index in [1.54, 1.807) is 13.8 Å². The molecule has 0 aliphatic carbocycles. The first kappa shape index (κ1) is 16.2. The fraction of sp³-hybridized carbons (Fsp3) is 0.625. The standard InChI is InChI=1S/C16H27NO2/c1-6-17(11-16(4,5)19)10-15(18)14-8-12(2)7-13(3)9-14/h7-9,15,18-19H,6,10-11H2,1-5H3. The molecule has 2 N–H and O–H groups in total. The quantitative estimate of drug-likeness (QED) is 0.830. The number of aliphatic hydroxyl groups excluding tert-OH is 1. The van der Waals surface area contributed by atoms with Gasteiger partial charge < -0.3 is 10.2 Å². The predicted molar refractivity (Wildman–Crippen MR) is 79.3 cm³/mol. The highest BCUT2D eigenvalue weighted by Gasteiger charge is 2.20. The molecule has 0 amide bonds. The van der Waals surface area contributed by atoms with Crippen molar-refractivity contribution >= 4 is 0 Å². The van der Waals surface area contributed by atoms with Crippen LogP contribution in [0.3, 0.4) is 0 Å². The largest absolute Gasteiger partial charge is 0.389 e. The lowest BCUT2D eigenvalue weighted by Crippen LogP contribution is -2.40. The maximum absolute atomic E-state index is 10.3. The minimum Gasteiger partial charge on any atom is -0.389 e. The summed E-state index contributed by atoms with van der Waals surface area (Å²) in [6.45, 7) is 11.6. The average Bonchev–Trinajstić information content (AvgIpc) is 2.24. The molecule has 0 heterocycles. The van der Waals surface area contributed by atoms with Crippen molar-refractivity contribution in [3.05, 3.63) is 34.9 Å². The van der Waals surface area contributed by atoms with E-state index in [0.29, 0.717) is 13.1 Å². The van der Waals surface area contributed by atoms with Crippen LogP contribution in [-0.2, 0) is 0 Å². The van der Waals surface area contributed by atoms with Crippen LogP contribution in [0.5, 0.6) is 0 Å². The molecule has 1 unspecified atom stereocenters. The van der Waals surface area contributed by atoms with E-state index in [1.807, 2.05) is 32.9 Å². The molecular formula is C16H27NO2. The minimum atomic E-state index is -0.738. The van der Waals surface area contributed by atoms with Crippen LogP contribution in [-0.4, -0.2) is 40.3 Å². The highest BCUT2D eigenvalue weighted by molar-refractivity contribution is 5.30. The van der Waals surface area contributed by atoms with Crippen molar-refractivity contribution in [1.82, 2.24) is 4.90 Å². The first-order valence-corrected chi connectivity index (χ1v) is 6.92. The van der Waals surface area contributed by atoms with Crippen molar-refractivity contribution in [2.75, 3.05) is 19.6 Å². The van der Waals surface area contributed by atoms with Gasteiger partial charge in [-0.25, -0.2) is 0 Å². The van der Waals surface area contributed by atoms with Crippen molar-refractivity contribution in [2.24, 2.45) is 0 Å². The van der Waals surface area contributed by atoms with Gasteiger partial charge in [0, 0.05) is 13.1 Å². The Morgan fingerprint density at radius 2 is 1.68 bits per heavy atom. The second kappa shape index (κ2) is 6.51. The van der Waals surface area contributed by atoms with Crippen molar-refractivity contribution in [3.8, 4) is 0 Å². The molecule has 1 aromatic carbocycles. The van der Waals surface area contributed by atoms with Crippen LogP contribution in [0.25, 0.3) is 0 Å². The lowest BCUT2D eigenvalue weighted by Gasteiger charge is -2.29. The molecule has 1 rings (SSSR count). The number of likely N-dealkylation sites (N-methyl/N-ethyl adjacent to an activating group) is 1. The van der Waals surface area contributed by atoms with Gasteiger partial charge in [0.25, 0.3) is 0 Å². The zero-order chi connectivity index (χ0) is 14.6. The van der Waals surface area contributed by atoms with Gasteiger partial charge in [-0.15, -0.1) is 0 Å². The van der Waals surface area contributed by atoms with Gasteiger partial charge in [-0.1, -0.05) is 36.2 Å². The third-order valence-corrected chi connectivity index (χ3v) is 3.12. The van der Waals surface area contributed by atoms with Gasteiger partial charge in [0.1, 0.15) is 0 Å². The Labute approximate surface area is 116 Å². The Balaban J connectivity index is 2.74. The fourth-order valence-corrected chi connectivity index (χ4v) is 2.40. The van der Waals surface area contributed by atoms with Gasteiger partial charge in [-0.2, -0.15) is 0 Å². The van der Waals surface area contributed by atoms with E-state index < -0.39 is 11.7 Å². The number of rotatable bonds is 6. The SMILES string of the molecule is CCN(CC(O)c1cc(C)cc(C)c1)CC(C)(C)O. The van der Waals surface area contributed by atoms with E-state index in [1.165, 1.54) is 11.1 Å². The zero-order valence-electron chi connectivity index (χ0n) is 12.8. The summed E-state index contributed by atoms with van der Waals surface area (Å²) in [6.07, 6.45) is -0.513. The predicted octanol–water partition coefficient (Wildman–Crippen LogP) is 2.43. The highest BCUT2D eigenvalue weighted by Crippen LogP contribution is 2.19. The Morgan fingerprint density at radius 3 is 2.11 bits per heavy atom. The van der Waals surface area contributed by atoms with Crippen LogP contribution in [0.2, 0.25) is 0 Å². The van der Waals surface area contributed by atoms with Gasteiger partial charge in [0.2, 0.25) is 0 Å². The zero-order valence-corrected chi connectivity index (χ0v) is 12.8. The molecule has 3 nitrogen and oxygen atoms in total. The van der Waals surface area contributed by atoms with E-state index in [4.69, 9.17) is 0 Å². The van der Waals surface area contributed by atoms with E-state index in [2.05, 4.69) is 11.0 Å². The summed E-state index contributed by atoms with van der Waals surface area (Å²) >= 11 is 0. The maximum atomic E-state index is 10.3. The van der Waals surface area contributed by atoms with Crippen molar-refractivity contribution in [1.29, 1.82) is 0 Å². The number of aliphatic hydroxyl groups is 2. The summed E-state index contributed by atoms with van der Waals surface area (Å²) in [7, 11) is 0. The third-order valence-electron chi connectivity index (χ3n) is 3.12. The Morgan fingerprint density at radius 1 is 1.16 bits per heavy atom. The van der Waals surface area contributed by atoms with Crippen LogP contribution in [0.1, 0.15) is 43.6 Å². The number of aryl methyl sites for hydroxylation is 2. The molecule has 0 fully saturated rings. The molecule has 0 spiro atoms. The first-order chi connectivity index (χ1) is 8.71. The average molecular weight is 265 g/mol. The Kier molecular flexibility index (Phi) is 5.53. The van der Waals surface area contributed by atoms with Gasteiger partial charge in [0.15, 0.2) is 0 Å². The van der Waals surface area contributed by atoms with Gasteiger partial charge in [0.05, 0.1) is 11.7 Å². The number of hydrogen-bond donors (Lipinski definition) is 2. The number of nitrogens with zero attached hydrogens (tertiary/aromatic N) is 1. The normalized spacial score (nSPS) is 13.9. The van der Waals surface area contributed by atoms with Crippen molar-refractivity contribution < 1.29 is 10.2 Å². The lowest BCUT2D eigenvalue weighted by atomic mass is 10.0. The summed E-state index contributed by atoms with van der Waals surface area (Å²) in [6, 6.07) is 6.15. The van der Waals surface area contributed by atoms with Crippen LogP contribution in [0.15, 0.2) is 18.2 Å². The summed E-state index contributed by atoms with van der Waals surface area (Å²) in [5, 5.41) is 20.2. The smallest absolute Gasteiger partial charge is 0.0917 e. The van der Waals surface area contributed by atoms with Crippen LogP contribution < -0.4 is 0 Å². The van der Waals surface area contributed by atoms with E-state index in [9.17, 15) is 10.2 Å². The highest BCUT2D eigenvalue weighted by atomic mass is 16.3. The van der Waals surface area contributed by atoms with Gasteiger partial charge in [-0.3, -0.25) is 4.90 Å². The summed E-state index contributed by atoms with van der Waals surface area (Å²) < 4.78 is 0. The monoisotopic (exact) mass is 265 g/mol. The molecule has 0 bridgehead atoms. The molecule has 0 aliphatic heterocycles. The van der Waals surface area contributed by atoms with Crippen LogP contribution >= 0.6 is 0 Å². The summed E-state index contributed by atoms with van der Waals surface area (Å²) in [5.74, 6) is 0. The lowest BCUT2D eigenvalue weighted by molar-refractivity contribution is 0.0202. The number of hydrogen-bond acceptors (Lipinski definition) is 3. The molecular weight excluding hydrogens is 238 g/mol. The van der Waals surface area contributed by atoms with E-state index in [-0.39, 0.29) is 0 Å². The Hall–Kier alpha value is -0.900. The van der Waals surface area contributed by atoms with Crippen molar-refractivity contribution in [2.45, 2.75) is 46.3 Å². The molecule has 19 heavy (non-hydrogen) atoms. The van der Waals surface area contributed by atoms with E-state index >= 15 is 0 Å². The minimum absolute atomic E-state index is 0.513. The molecule has 0 aromatic heterocycles. The molecule has 1 aromatic rings. The second-order valence-corrected chi connectivity index (χ2v) is 6.08. The van der Waals surface area contributed by atoms with Crippen LogP contribution in [0, 0.1) is 13.8 Å². The van der Waals surface area contributed by atoms with Gasteiger partial charge >= 0.3 is 0 Å². The topological polar surface area (TPSA) is 43.7 Å². The molecule has 0 aliphatic rings. The molecule has 108 valence electrons. The third kappa shape index (κ3) is 5.72. The fourth-order valence-electron chi connectivity index (χ4n) is 2.40. The van der Waals surface area contributed by atoms with Gasteiger partial charge in [-0.05, 0) is 39.8 Å². The van der Waals surface area contributed by atoms with Crippen LogP contribution in [0.4, 0.5) is 0 Å². The Bertz CT molecular complexity index is 389. The molecule has 0 saturated heterocycles. The van der Waals surface area contributed by atoms with E-state index in [0.717, 1.165) is 12.1 Å². The molecule has 0 saturated carbocycles. The summed E-state index contributed by atoms with van der Waals surface area (Å²) in [4.78, 5) is 2.07. The molecule has 1 atom stereocenters. The first-order valence-electron chi connectivity index (χ1n) is 6.92. The number of benzene rings is 1.